The van der Waals surface area contributed by atoms with Gasteiger partial charge in [0.25, 0.3) is 0 Å². The molecule has 0 aliphatic carbocycles. The van der Waals surface area contributed by atoms with Gasteiger partial charge in [-0.05, 0) is 77.0 Å². The Morgan fingerprint density at radius 1 is 0.449 bits per heavy atom. The van der Waals surface area contributed by atoms with Crippen molar-refractivity contribution in [1.82, 2.24) is 0 Å². The molecule has 0 rings (SSSR count). The molecule has 0 radical (unpaired) electrons. The molecular formula is C60H107NO8. The zero-order chi connectivity index (χ0) is 50.6. The van der Waals surface area contributed by atoms with Crippen LogP contribution in [0.15, 0.2) is 60.8 Å². The molecule has 0 heterocycles. The van der Waals surface area contributed by atoms with Crippen LogP contribution in [0.25, 0.3) is 0 Å². The Morgan fingerprint density at radius 2 is 0.826 bits per heavy atom. The van der Waals surface area contributed by atoms with Crippen LogP contribution >= 0.6 is 0 Å². The number of hydrogen-bond donors (Lipinski definition) is 0. The summed E-state index contributed by atoms with van der Waals surface area (Å²) in [6, 6.07) is 0. The molecule has 0 bridgehead atoms. The van der Waals surface area contributed by atoms with Crippen LogP contribution in [0.5, 0.6) is 0 Å². The number of hydrogen-bond acceptors (Lipinski definition) is 8. The van der Waals surface area contributed by atoms with Crippen LogP contribution in [-0.2, 0) is 33.3 Å². The van der Waals surface area contributed by atoms with Crippen molar-refractivity contribution in [3.05, 3.63) is 60.8 Å². The molecule has 2 atom stereocenters. The molecular weight excluding hydrogens is 863 g/mol. The number of allylic oxidation sites excluding steroid dienone is 10. The Morgan fingerprint density at radius 3 is 1.25 bits per heavy atom. The van der Waals surface area contributed by atoms with E-state index in [2.05, 4.69) is 74.6 Å². The van der Waals surface area contributed by atoms with Gasteiger partial charge in [0.15, 0.2) is 12.4 Å². The van der Waals surface area contributed by atoms with Gasteiger partial charge in [-0.15, -0.1) is 0 Å². The summed E-state index contributed by atoms with van der Waals surface area (Å²) in [4.78, 5) is 37.3. The molecule has 69 heavy (non-hydrogen) atoms. The van der Waals surface area contributed by atoms with E-state index in [0.717, 1.165) is 70.6 Å². The number of likely N-dealkylation sites (N-methyl/N-ethyl adjacent to an activating group) is 1. The highest BCUT2D eigenvalue weighted by molar-refractivity contribution is 5.70. The summed E-state index contributed by atoms with van der Waals surface area (Å²) in [7, 11) is 5.92. The molecule has 400 valence electrons. The average molecular weight is 971 g/mol. The summed E-state index contributed by atoms with van der Waals surface area (Å²) in [5.74, 6) is -2.29. The fourth-order valence-corrected chi connectivity index (χ4v) is 7.88. The number of esters is 2. The molecule has 0 saturated heterocycles. The lowest BCUT2D eigenvalue weighted by Gasteiger charge is -2.26. The van der Waals surface area contributed by atoms with Gasteiger partial charge >= 0.3 is 11.9 Å². The first kappa shape index (κ1) is 66.0. The fourth-order valence-electron chi connectivity index (χ4n) is 7.88. The van der Waals surface area contributed by atoms with Gasteiger partial charge < -0.3 is 33.3 Å². The number of rotatable bonds is 52. The molecule has 0 amide bonds. The Labute approximate surface area is 425 Å². The zero-order valence-corrected chi connectivity index (χ0v) is 45.4. The van der Waals surface area contributed by atoms with Gasteiger partial charge in [-0.1, -0.05) is 216 Å². The quantitative estimate of drug-likeness (QED) is 0.0195. The number of carbonyl (C=O) groups is 3. The maximum atomic E-state index is 12.9. The van der Waals surface area contributed by atoms with Crippen LogP contribution < -0.4 is 5.11 Å². The predicted octanol–water partition coefficient (Wildman–Crippen LogP) is 15.1. The molecule has 0 aromatic carbocycles. The van der Waals surface area contributed by atoms with Crippen molar-refractivity contribution in [3.63, 3.8) is 0 Å². The summed E-state index contributed by atoms with van der Waals surface area (Å²) in [5, 5.41) is 11.8. The van der Waals surface area contributed by atoms with Crippen molar-refractivity contribution in [2.45, 2.75) is 257 Å². The fraction of sp³-hybridized carbons (Fsp3) is 0.783. The maximum absolute atomic E-state index is 12.9. The Balaban J connectivity index is 4.27. The van der Waals surface area contributed by atoms with Crippen LogP contribution in [0.4, 0.5) is 0 Å². The van der Waals surface area contributed by atoms with Gasteiger partial charge in [-0.3, -0.25) is 9.59 Å². The summed E-state index contributed by atoms with van der Waals surface area (Å²) in [6.07, 6.45) is 61.1. The molecule has 0 spiro atoms. The van der Waals surface area contributed by atoms with Crippen molar-refractivity contribution in [3.8, 4) is 0 Å². The second-order valence-electron chi connectivity index (χ2n) is 20.2. The van der Waals surface area contributed by atoms with Crippen molar-refractivity contribution in [1.29, 1.82) is 0 Å². The van der Waals surface area contributed by atoms with Crippen molar-refractivity contribution >= 4 is 17.9 Å². The average Bonchev–Trinajstić information content (AvgIpc) is 3.31. The highest BCUT2D eigenvalue weighted by Crippen LogP contribution is 2.16. The maximum Gasteiger partial charge on any atom is 0.306 e. The van der Waals surface area contributed by atoms with Crippen LogP contribution in [0.3, 0.4) is 0 Å². The van der Waals surface area contributed by atoms with E-state index in [1.165, 1.54) is 141 Å². The Bertz CT molecular complexity index is 1310. The lowest BCUT2D eigenvalue weighted by atomic mass is 10.0. The third kappa shape index (κ3) is 52.6. The first-order valence-electron chi connectivity index (χ1n) is 28.4. The SMILES string of the molecule is CC/C=C\C/C=C\C/C=C\C/C=C\CCCCCCCCCCCCC(=O)OC(COC(=O)CCCCCCCCCCC/C=C\CCCCCCCCCC)COC(OCC[N+](C)(C)C)C(=O)[O-]. The third-order valence-corrected chi connectivity index (χ3v) is 12.2. The highest BCUT2D eigenvalue weighted by atomic mass is 16.7. The smallest absolute Gasteiger partial charge is 0.306 e. The van der Waals surface area contributed by atoms with E-state index in [9.17, 15) is 19.5 Å². The lowest BCUT2D eigenvalue weighted by molar-refractivity contribution is -0.870. The van der Waals surface area contributed by atoms with E-state index in [1.54, 1.807) is 0 Å². The van der Waals surface area contributed by atoms with Crippen LogP contribution in [0.1, 0.15) is 245 Å². The minimum absolute atomic E-state index is 0.145. The summed E-state index contributed by atoms with van der Waals surface area (Å²) in [5.41, 5.74) is 0. The van der Waals surface area contributed by atoms with Gasteiger partial charge in [-0.2, -0.15) is 0 Å². The topological polar surface area (TPSA) is 111 Å². The molecule has 0 aromatic heterocycles. The minimum atomic E-state index is -1.62. The molecule has 0 aliphatic rings. The zero-order valence-electron chi connectivity index (χ0n) is 45.4. The Kier molecular flexibility index (Phi) is 49.1. The van der Waals surface area contributed by atoms with Crippen molar-refractivity contribution in [2.75, 3.05) is 47.5 Å². The molecule has 0 aromatic rings. The number of unbranched alkanes of at least 4 members (excludes halogenated alkanes) is 27. The van der Waals surface area contributed by atoms with Crippen molar-refractivity contribution in [2.24, 2.45) is 0 Å². The normalized spacial score (nSPS) is 13.2. The van der Waals surface area contributed by atoms with Gasteiger partial charge in [0.05, 0.1) is 40.3 Å². The van der Waals surface area contributed by atoms with E-state index in [0.29, 0.717) is 17.4 Å². The van der Waals surface area contributed by atoms with E-state index >= 15 is 0 Å². The van der Waals surface area contributed by atoms with Gasteiger partial charge in [-0.25, -0.2) is 0 Å². The molecule has 2 unspecified atom stereocenters. The first-order valence-corrected chi connectivity index (χ1v) is 28.4. The largest absolute Gasteiger partial charge is 0.545 e. The first-order chi connectivity index (χ1) is 33.6. The summed E-state index contributed by atoms with van der Waals surface area (Å²) >= 11 is 0. The molecule has 9 heteroatoms. The molecule has 0 aliphatic heterocycles. The number of quaternary nitrogens is 1. The number of nitrogens with zero attached hydrogens (tertiary/aromatic N) is 1. The van der Waals surface area contributed by atoms with E-state index in [4.69, 9.17) is 18.9 Å². The van der Waals surface area contributed by atoms with Gasteiger partial charge in [0, 0.05) is 12.8 Å². The number of carboxylic acids is 1. The molecule has 0 saturated carbocycles. The monoisotopic (exact) mass is 970 g/mol. The molecule has 0 fully saturated rings. The van der Waals surface area contributed by atoms with Crippen LogP contribution in [0, 0.1) is 0 Å². The highest BCUT2D eigenvalue weighted by Gasteiger charge is 2.22. The van der Waals surface area contributed by atoms with Gasteiger partial charge in [0.1, 0.15) is 13.2 Å². The summed E-state index contributed by atoms with van der Waals surface area (Å²) in [6.45, 7) is 4.65. The second kappa shape index (κ2) is 51.3. The van der Waals surface area contributed by atoms with E-state index in [1.807, 2.05) is 21.1 Å². The lowest BCUT2D eigenvalue weighted by Crippen LogP contribution is -2.44. The number of carboxylic acid groups (broad SMARTS) is 1. The number of ether oxygens (including phenoxy) is 4. The minimum Gasteiger partial charge on any atom is -0.545 e. The number of carbonyl (C=O) groups excluding carboxylic acids is 3. The standard InChI is InChI=1S/C60H107NO8/c1-6-8-10-12-14-16-18-20-22-24-26-28-29-31-33-35-37-39-41-43-45-47-49-51-58(63)69-56(55-68-60(59(64)65)66-53-52-61(3,4)5)54-67-57(62)50-48-46-44-42-40-38-36-34-32-30-27-25-23-21-19-17-15-13-11-9-7-2/h8,10,14,16,20,22,25-28,56,60H,6-7,9,11-13,15,17-19,21,23-24,29-55H2,1-5H3/b10-8-,16-14-,22-20-,27-25-,28-26-. The predicted molar refractivity (Wildman–Crippen MR) is 288 cm³/mol. The Hall–Kier alpha value is -3.01. The van der Waals surface area contributed by atoms with Gasteiger partial charge in [0.2, 0.25) is 0 Å². The number of aliphatic carboxylic acids is 1. The summed E-state index contributed by atoms with van der Waals surface area (Å²) < 4.78 is 22.7. The third-order valence-electron chi connectivity index (χ3n) is 12.2. The van der Waals surface area contributed by atoms with Crippen LogP contribution in [0.2, 0.25) is 0 Å². The van der Waals surface area contributed by atoms with E-state index < -0.39 is 24.3 Å². The van der Waals surface area contributed by atoms with Crippen LogP contribution in [-0.4, -0.2) is 82.3 Å². The van der Waals surface area contributed by atoms with E-state index in [-0.39, 0.29) is 38.6 Å². The molecule has 0 N–H and O–H groups in total. The molecule has 9 nitrogen and oxygen atoms in total. The second-order valence-corrected chi connectivity index (χ2v) is 20.2. The van der Waals surface area contributed by atoms with Crippen molar-refractivity contribution < 1.29 is 42.9 Å².